The molecule has 3 aromatic carbocycles. The highest BCUT2D eigenvalue weighted by molar-refractivity contribution is 6.02. The number of methoxy groups -OCH3 is 3. The molecule has 0 saturated carbocycles. The van der Waals surface area contributed by atoms with Gasteiger partial charge < -0.3 is 28.4 Å². The highest BCUT2D eigenvalue weighted by Crippen LogP contribution is 2.50. The zero-order valence-corrected chi connectivity index (χ0v) is 19.8. The maximum atomic E-state index is 6.50. The summed E-state index contributed by atoms with van der Waals surface area (Å²) in [6, 6.07) is 17.9. The van der Waals surface area contributed by atoms with Crippen LogP contribution in [-0.4, -0.2) is 45.3 Å². The van der Waals surface area contributed by atoms with Crippen molar-refractivity contribution in [1.82, 2.24) is 5.01 Å². The number of benzene rings is 3. The van der Waals surface area contributed by atoms with E-state index < -0.39 is 6.23 Å². The standard InChI is InChI=1S/C27H26N2O6/c1-30-24-13-17(14-25(31-2)26(24)32-3)27-29-20(18-6-4-5-7-21(18)35-27)15-19(28-29)16-8-9-22-23(12-16)34-11-10-33-22/h4-9,12-14,20,27H,10-11,15H2,1-3H3/t20-,27+/m0/s1. The van der Waals surface area contributed by atoms with Crippen molar-refractivity contribution in [3.63, 3.8) is 0 Å². The molecule has 8 nitrogen and oxygen atoms in total. The molecule has 0 bridgehead atoms. The summed E-state index contributed by atoms with van der Waals surface area (Å²) in [6.07, 6.45) is 0.263. The van der Waals surface area contributed by atoms with Crippen LogP contribution in [-0.2, 0) is 0 Å². The fourth-order valence-electron chi connectivity index (χ4n) is 4.90. The summed E-state index contributed by atoms with van der Waals surface area (Å²) in [5.41, 5.74) is 3.92. The molecule has 180 valence electrons. The third kappa shape index (κ3) is 3.56. The van der Waals surface area contributed by atoms with Gasteiger partial charge in [-0.2, -0.15) is 5.10 Å². The van der Waals surface area contributed by atoms with Gasteiger partial charge in [-0.1, -0.05) is 18.2 Å². The predicted molar refractivity (Wildman–Crippen MR) is 129 cm³/mol. The van der Waals surface area contributed by atoms with Crippen LogP contribution in [0.1, 0.15) is 35.4 Å². The van der Waals surface area contributed by atoms with Gasteiger partial charge in [0.1, 0.15) is 19.0 Å². The normalized spacial score (nSPS) is 19.7. The van der Waals surface area contributed by atoms with Crippen molar-refractivity contribution in [2.24, 2.45) is 5.10 Å². The molecule has 2 atom stereocenters. The van der Waals surface area contributed by atoms with Gasteiger partial charge in [0.05, 0.1) is 33.1 Å². The smallest absolute Gasteiger partial charge is 0.214 e. The van der Waals surface area contributed by atoms with E-state index in [0.29, 0.717) is 30.5 Å². The maximum Gasteiger partial charge on any atom is 0.214 e. The topological polar surface area (TPSA) is 71.0 Å². The fraction of sp³-hybridized carbons (Fsp3) is 0.296. The number of hydrazone groups is 1. The van der Waals surface area contributed by atoms with Crippen LogP contribution in [0.25, 0.3) is 0 Å². The largest absolute Gasteiger partial charge is 0.493 e. The number of hydrogen-bond acceptors (Lipinski definition) is 8. The van der Waals surface area contributed by atoms with Crippen molar-refractivity contribution < 1.29 is 28.4 Å². The number of hydrogen-bond donors (Lipinski definition) is 0. The lowest BCUT2D eigenvalue weighted by Gasteiger charge is -2.38. The van der Waals surface area contributed by atoms with E-state index in [1.165, 1.54) is 0 Å². The van der Waals surface area contributed by atoms with Crippen LogP contribution in [0.2, 0.25) is 0 Å². The molecule has 3 aromatic rings. The number of fused-ring (bicyclic) bond motifs is 4. The van der Waals surface area contributed by atoms with Gasteiger partial charge in [0, 0.05) is 23.1 Å². The van der Waals surface area contributed by atoms with Crippen LogP contribution < -0.4 is 28.4 Å². The van der Waals surface area contributed by atoms with Gasteiger partial charge in [-0.3, -0.25) is 0 Å². The molecule has 3 aliphatic rings. The third-order valence-electron chi connectivity index (χ3n) is 6.55. The molecule has 35 heavy (non-hydrogen) atoms. The minimum Gasteiger partial charge on any atom is -0.493 e. The fourth-order valence-corrected chi connectivity index (χ4v) is 4.90. The Balaban J connectivity index is 1.44. The molecule has 0 amide bonds. The lowest BCUT2D eigenvalue weighted by Crippen LogP contribution is -2.33. The summed E-state index contributed by atoms with van der Waals surface area (Å²) in [6.45, 7) is 1.11. The second-order valence-electron chi connectivity index (χ2n) is 8.47. The lowest BCUT2D eigenvalue weighted by atomic mass is 9.95. The Hall–Kier alpha value is -4.07. The first-order valence-electron chi connectivity index (χ1n) is 11.5. The van der Waals surface area contributed by atoms with Gasteiger partial charge in [0.15, 0.2) is 23.0 Å². The first kappa shape index (κ1) is 21.5. The van der Waals surface area contributed by atoms with E-state index in [2.05, 4.69) is 6.07 Å². The van der Waals surface area contributed by atoms with Crippen LogP contribution in [0.3, 0.4) is 0 Å². The minimum atomic E-state index is -0.474. The van der Waals surface area contributed by atoms with Gasteiger partial charge >= 0.3 is 0 Å². The molecule has 0 aliphatic carbocycles. The van der Waals surface area contributed by atoms with Crippen molar-refractivity contribution in [3.8, 4) is 34.5 Å². The van der Waals surface area contributed by atoms with E-state index in [1.807, 2.05) is 53.5 Å². The predicted octanol–water partition coefficient (Wildman–Crippen LogP) is 4.73. The molecular weight excluding hydrogens is 448 g/mol. The Bertz CT molecular complexity index is 1280. The Morgan fingerprint density at radius 2 is 1.57 bits per heavy atom. The maximum absolute atomic E-state index is 6.50. The molecule has 3 aliphatic heterocycles. The summed E-state index contributed by atoms with van der Waals surface area (Å²) in [4.78, 5) is 0. The molecule has 8 heteroatoms. The molecule has 0 spiro atoms. The molecule has 0 fully saturated rings. The summed E-state index contributed by atoms with van der Waals surface area (Å²) in [5.74, 6) is 4.02. The second-order valence-corrected chi connectivity index (χ2v) is 8.47. The van der Waals surface area contributed by atoms with E-state index in [4.69, 9.17) is 33.5 Å². The SMILES string of the molecule is COc1cc([C@H]2Oc3ccccc3[C@@H]3CC(c4ccc5c(c4)OCCO5)=NN23)cc(OC)c1OC. The highest BCUT2D eigenvalue weighted by atomic mass is 16.6. The summed E-state index contributed by atoms with van der Waals surface area (Å²) in [5, 5.41) is 7.08. The molecule has 0 N–H and O–H groups in total. The zero-order chi connectivity index (χ0) is 23.9. The summed E-state index contributed by atoms with van der Waals surface area (Å²) < 4.78 is 34.7. The Labute approximate surface area is 203 Å². The monoisotopic (exact) mass is 474 g/mol. The van der Waals surface area contributed by atoms with Gasteiger partial charge in [-0.25, -0.2) is 5.01 Å². The number of nitrogens with zero attached hydrogens (tertiary/aromatic N) is 2. The molecule has 0 unspecified atom stereocenters. The molecular formula is C27H26N2O6. The molecule has 0 saturated heterocycles. The first-order valence-corrected chi connectivity index (χ1v) is 11.5. The number of rotatable bonds is 5. The van der Waals surface area contributed by atoms with Crippen LogP contribution >= 0.6 is 0 Å². The zero-order valence-electron chi connectivity index (χ0n) is 19.8. The average molecular weight is 475 g/mol. The van der Waals surface area contributed by atoms with Crippen molar-refractivity contribution in [3.05, 3.63) is 71.3 Å². The van der Waals surface area contributed by atoms with E-state index in [9.17, 15) is 0 Å². The van der Waals surface area contributed by atoms with E-state index >= 15 is 0 Å². The van der Waals surface area contributed by atoms with Crippen molar-refractivity contribution in [1.29, 1.82) is 0 Å². The van der Waals surface area contributed by atoms with Gasteiger partial charge in [0.2, 0.25) is 12.0 Å². The van der Waals surface area contributed by atoms with E-state index in [1.54, 1.807) is 21.3 Å². The highest BCUT2D eigenvalue weighted by Gasteiger charge is 2.41. The van der Waals surface area contributed by atoms with Gasteiger partial charge in [-0.15, -0.1) is 0 Å². The van der Waals surface area contributed by atoms with Gasteiger partial charge in [0.25, 0.3) is 0 Å². The van der Waals surface area contributed by atoms with Crippen LogP contribution in [0, 0.1) is 0 Å². The summed E-state index contributed by atoms with van der Waals surface area (Å²) in [7, 11) is 4.80. The molecule has 3 heterocycles. The van der Waals surface area contributed by atoms with Crippen molar-refractivity contribution >= 4 is 5.71 Å². The summed E-state index contributed by atoms with van der Waals surface area (Å²) >= 11 is 0. The lowest BCUT2D eigenvalue weighted by molar-refractivity contribution is -0.0192. The Morgan fingerprint density at radius 3 is 2.31 bits per heavy atom. The quantitative estimate of drug-likeness (QED) is 0.530. The molecule has 0 aromatic heterocycles. The minimum absolute atomic E-state index is 0.0206. The Morgan fingerprint density at radius 1 is 0.829 bits per heavy atom. The number of para-hydroxylation sites is 1. The van der Waals surface area contributed by atoms with Crippen molar-refractivity contribution in [2.45, 2.75) is 18.7 Å². The van der Waals surface area contributed by atoms with Crippen LogP contribution in [0.5, 0.6) is 34.5 Å². The van der Waals surface area contributed by atoms with Gasteiger partial charge in [-0.05, 0) is 36.4 Å². The third-order valence-corrected chi connectivity index (χ3v) is 6.55. The van der Waals surface area contributed by atoms with Crippen LogP contribution in [0.4, 0.5) is 0 Å². The van der Waals surface area contributed by atoms with Crippen molar-refractivity contribution in [2.75, 3.05) is 34.5 Å². The van der Waals surface area contributed by atoms with E-state index in [-0.39, 0.29) is 6.04 Å². The average Bonchev–Trinajstić information content (AvgIpc) is 3.37. The van der Waals surface area contributed by atoms with Crippen LogP contribution in [0.15, 0.2) is 59.7 Å². The molecule has 0 radical (unpaired) electrons. The molecule has 6 rings (SSSR count). The first-order chi connectivity index (χ1) is 17.2. The van der Waals surface area contributed by atoms with E-state index in [0.717, 1.165) is 46.1 Å². The Kier molecular flexibility index (Phi) is 5.28. The second kappa shape index (κ2) is 8.61. The number of ether oxygens (including phenoxy) is 6.